The average molecular weight is 196 g/mol. The van der Waals surface area contributed by atoms with Crippen LogP contribution < -0.4 is 0 Å². The summed E-state index contributed by atoms with van der Waals surface area (Å²) in [6.45, 7) is 0. The van der Waals surface area contributed by atoms with Crippen LogP contribution in [0.3, 0.4) is 0 Å². The molecule has 0 aliphatic rings. The first-order chi connectivity index (χ1) is 6.69. The summed E-state index contributed by atoms with van der Waals surface area (Å²) < 4.78 is 4.70. The molecular weight excluding hydrogens is 188 g/mol. The summed E-state index contributed by atoms with van der Waals surface area (Å²) in [5, 5.41) is 21.8. The van der Waals surface area contributed by atoms with Crippen molar-refractivity contribution in [2.75, 3.05) is 7.11 Å². The minimum Gasteiger partial charge on any atom is -0.479 e. The van der Waals surface area contributed by atoms with Crippen molar-refractivity contribution in [3.05, 3.63) is 39.9 Å². The summed E-state index contributed by atoms with van der Waals surface area (Å²) in [6.07, 6.45) is 0. The van der Waals surface area contributed by atoms with Gasteiger partial charge in [0.25, 0.3) is 11.6 Å². The molecule has 0 radical (unpaired) electrons. The molecule has 1 aromatic carbocycles. The molecular formula is C8H8N2O4. The number of nitro benzene ring substituents is 1. The lowest BCUT2D eigenvalue weighted by molar-refractivity contribution is -0.384. The first-order valence-corrected chi connectivity index (χ1v) is 3.70. The molecule has 1 rings (SSSR count). The Balaban J connectivity index is 3.11. The number of nitrogens with zero attached hydrogens (tertiary/aromatic N) is 2. The summed E-state index contributed by atoms with van der Waals surface area (Å²) in [7, 11) is 1.31. The van der Waals surface area contributed by atoms with Gasteiger partial charge >= 0.3 is 0 Å². The van der Waals surface area contributed by atoms with E-state index in [1.165, 1.54) is 25.3 Å². The van der Waals surface area contributed by atoms with Gasteiger partial charge in [-0.05, 0) is 11.2 Å². The van der Waals surface area contributed by atoms with Crippen molar-refractivity contribution in [3.8, 4) is 0 Å². The van der Waals surface area contributed by atoms with E-state index in [0.29, 0.717) is 5.56 Å². The third kappa shape index (κ3) is 1.98. The molecule has 0 amide bonds. The maximum Gasteiger partial charge on any atom is 0.270 e. The second-order valence-electron chi connectivity index (χ2n) is 2.42. The Morgan fingerprint density at radius 2 is 2.36 bits per heavy atom. The largest absolute Gasteiger partial charge is 0.479 e. The van der Waals surface area contributed by atoms with Crippen LogP contribution in [0, 0.1) is 10.1 Å². The van der Waals surface area contributed by atoms with Crippen LogP contribution in [0.4, 0.5) is 5.69 Å². The van der Waals surface area contributed by atoms with Crippen LogP contribution in [0.25, 0.3) is 0 Å². The molecule has 0 saturated carbocycles. The van der Waals surface area contributed by atoms with Crippen molar-refractivity contribution in [3.63, 3.8) is 0 Å². The quantitative estimate of drug-likeness (QED) is 0.254. The van der Waals surface area contributed by atoms with Crippen LogP contribution in [0.15, 0.2) is 29.4 Å². The first kappa shape index (κ1) is 9.97. The molecule has 0 atom stereocenters. The van der Waals surface area contributed by atoms with Gasteiger partial charge in [-0.2, -0.15) is 0 Å². The Morgan fingerprint density at radius 3 is 2.86 bits per heavy atom. The van der Waals surface area contributed by atoms with Crippen molar-refractivity contribution < 1.29 is 14.9 Å². The van der Waals surface area contributed by atoms with Gasteiger partial charge in [-0.3, -0.25) is 10.1 Å². The zero-order valence-electron chi connectivity index (χ0n) is 7.38. The molecule has 1 N–H and O–H groups in total. The fourth-order valence-electron chi connectivity index (χ4n) is 0.969. The van der Waals surface area contributed by atoms with Crippen molar-refractivity contribution in [1.29, 1.82) is 0 Å². The number of methoxy groups -OCH3 is 1. The molecule has 0 unspecified atom stereocenters. The summed E-state index contributed by atoms with van der Waals surface area (Å²) in [5.41, 5.74) is 0.268. The molecule has 0 bridgehead atoms. The Kier molecular flexibility index (Phi) is 3.01. The number of rotatable bonds is 2. The van der Waals surface area contributed by atoms with Crippen LogP contribution in [0.1, 0.15) is 5.56 Å². The second kappa shape index (κ2) is 4.22. The fourth-order valence-corrected chi connectivity index (χ4v) is 0.969. The van der Waals surface area contributed by atoms with Gasteiger partial charge in [0.2, 0.25) is 0 Å². The molecule has 6 heteroatoms. The molecule has 0 aliphatic carbocycles. The molecule has 0 aromatic heterocycles. The standard InChI is InChI=1S/C8H8N2O4/c1-14-8(9-11)6-3-2-4-7(5-6)10(12)13/h2-5,11H,1H3/b9-8+. The predicted octanol–water partition coefficient (Wildman–Crippen LogP) is 1.38. The normalized spacial score (nSPS) is 11.1. The van der Waals surface area contributed by atoms with Crippen LogP contribution >= 0.6 is 0 Å². The van der Waals surface area contributed by atoms with E-state index in [1.807, 2.05) is 0 Å². The number of hydrogen-bond acceptors (Lipinski definition) is 5. The van der Waals surface area contributed by atoms with Gasteiger partial charge in [-0.1, -0.05) is 6.07 Å². The van der Waals surface area contributed by atoms with E-state index in [4.69, 9.17) is 9.94 Å². The fraction of sp³-hybridized carbons (Fsp3) is 0.125. The van der Waals surface area contributed by atoms with E-state index in [-0.39, 0.29) is 11.6 Å². The van der Waals surface area contributed by atoms with Crippen molar-refractivity contribution in [1.82, 2.24) is 0 Å². The number of nitro groups is 1. The number of ether oxygens (including phenoxy) is 1. The highest BCUT2D eigenvalue weighted by molar-refractivity contribution is 5.94. The zero-order valence-corrected chi connectivity index (χ0v) is 7.38. The molecule has 0 heterocycles. The van der Waals surface area contributed by atoms with Crippen molar-refractivity contribution in [2.24, 2.45) is 5.16 Å². The molecule has 74 valence electrons. The lowest BCUT2D eigenvalue weighted by Gasteiger charge is -2.01. The van der Waals surface area contributed by atoms with Crippen LogP contribution in [-0.2, 0) is 4.74 Å². The Bertz CT molecular complexity index is 375. The molecule has 0 fully saturated rings. The summed E-state index contributed by atoms with van der Waals surface area (Å²) in [5.74, 6) is -0.0614. The number of oxime groups is 1. The molecule has 0 saturated heterocycles. The smallest absolute Gasteiger partial charge is 0.270 e. The van der Waals surface area contributed by atoms with Crippen molar-refractivity contribution in [2.45, 2.75) is 0 Å². The van der Waals surface area contributed by atoms with E-state index < -0.39 is 4.92 Å². The Labute approximate surface area is 79.6 Å². The van der Waals surface area contributed by atoms with E-state index >= 15 is 0 Å². The average Bonchev–Trinajstić information content (AvgIpc) is 2.20. The van der Waals surface area contributed by atoms with Crippen LogP contribution in [-0.4, -0.2) is 23.1 Å². The lowest BCUT2D eigenvalue weighted by Crippen LogP contribution is -2.03. The minimum absolute atomic E-state index is 0.0614. The van der Waals surface area contributed by atoms with E-state index in [2.05, 4.69) is 5.16 Å². The number of non-ortho nitro benzene ring substituents is 1. The van der Waals surface area contributed by atoms with Gasteiger partial charge < -0.3 is 9.94 Å². The first-order valence-electron chi connectivity index (χ1n) is 3.70. The van der Waals surface area contributed by atoms with Gasteiger partial charge in [0.05, 0.1) is 12.0 Å². The van der Waals surface area contributed by atoms with Gasteiger partial charge in [-0.15, -0.1) is 0 Å². The molecule has 6 nitrogen and oxygen atoms in total. The summed E-state index contributed by atoms with van der Waals surface area (Å²) in [4.78, 5) is 9.88. The van der Waals surface area contributed by atoms with E-state index in [0.717, 1.165) is 0 Å². The zero-order chi connectivity index (χ0) is 10.6. The SMILES string of the molecule is CO/C(=N/O)c1cccc([N+](=O)[O-])c1. The van der Waals surface area contributed by atoms with Gasteiger partial charge in [0, 0.05) is 17.7 Å². The van der Waals surface area contributed by atoms with Gasteiger partial charge in [0.1, 0.15) is 0 Å². The van der Waals surface area contributed by atoms with Crippen molar-refractivity contribution >= 4 is 11.6 Å². The van der Waals surface area contributed by atoms with Gasteiger partial charge in [0.15, 0.2) is 0 Å². The molecule has 0 aliphatic heterocycles. The minimum atomic E-state index is -0.534. The second-order valence-corrected chi connectivity index (χ2v) is 2.42. The van der Waals surface area contributed by atoms with E-state index in [1.54, 1.807) is 6.07 Å². The number of benzene rings is 1. The highest BCUT2D eigenvalue weighted by atomic mass is 16.6. The Morgan fingerprint density at radius 1 is 1.64 bits per heavy atom. The van der Waals surface area contributed by atoms with Crippen LogP contribution in [0.5, 0.6) is 0 Å². The maximum absolute atomic E-state index is 10.4. The predicted molar refractivity (Wildman–Crippen MR) is 48.4 cm³/mol. The monoisotopic (exact) mass is 196 g/mol. The molecule has 0 spiro atoms. The maximum atomic E-state index is 10.4. The van der Waals surface area contributed by atoms with Gasteiger partial charge in [-0.25, -0.2) is 0 Å². The highest BCUT2D eigenvalue weighted by Crippen LogP contribution is 2.13. The molecule has 14 heavy (non-hydrogen) atoms. The topological polar surface area (TPSA) is 85.0 Å². The van der Waals surface area contributed by atoms with Crippen LogP contribution in [0.2, 0.25) is 0 Å². The number of hydrogen-bond donors (Lipinski definition) is 1. The van der Waals surface area contributed by atoms with E-state index in [9.17, 15) is 10.1 Å². The lowest BCUT2D eigenvalue weighted by atomic mass is 10.2. The highest BCUT2D eigenvalue weighted by Gasteiger charge is 2.10. The summed E-state index contributed by atoms with van der Waals surface area (Å²) >= 11 is 0. The third-order valence-electron chi connectivity index (χ3n) is 1.59. The summed E-state index contributed by atoms with van der Waals surface area (Å²) in [6, 6.07) is 5.63. The molecule has 1 aromatic rings. The Hall–Kier alpha value is -2.11. The third-order valence-corrected chi connectivity index (χ3v) is 1.59.